The Morgan fingerprint density at radius 2 is 2.00 bits per heavy atom. The van der Waals surface area contributed by atoms with Gasteiger partial charge < -0.3 is 0 Å². The SMILES string of the molecule is Cc1cccc(C(=O)C(Cl)Cl)c1Cl. The molecule has 0 amide bonds. The predicted octanol–water partition coefficient (Wildman–Crippen LogP) is 3.63. The summed E-state index contributed by atoms with van der Waals surface area (Å²) in [6, 6.07) is 5.16. The Kier molecular flexibility index (Phi) is 3.60. The second-order valence-electron chi connectivity index (χ2n) is 2.60. The van der Waals surface area contributed by atoms with Crippen LogP contribution in [-0.2, 0) is 0 Å². The lowest BCUT2D eigenvalue weighted by atomic mass is 10.1. The molecule has 0 saturated carbocycles. The van der Waals surface area contributed by atoms with Gasteiger partial charge in [-0.15, -0.1) is 0 Å². The fourth-order valence-electron chi connectivity index (χ4n) is 0.955. The number of carbonyl (C=O) groups excluding carboxylic acids is 1. The monoisotopic (exact) mass is 236 g/mol. The lowest BCUT2D eigenvalue weighted by Gasteiger charge is -2.05. The van der Waals surface area contributed by atoms with E-state index in [2.05, 4.69) is 0 Å². The number of carbonyl (C=O) groups is 1. The van der Waals surface area contributed by atoms with Gasteiger partial charge in [0, 0.05) is 5.56 Å². The van der Waals surface area contributed by atoms with Gasteiger partial charge in [-0.1, -0.05) is 46.9 Å². The van der Waals surface area contributed by atoms with E-state index in [1.165, 1.54) is 0 Å². The van der Waals surface area contributed by atoms with Gasteiger partial charge in [0.1, 0.15) is 0 Å². The average molecular weight is 238 g/mol. The van der Waals surface area contributed by atoms with E-state index in [-0.39, 0.29) is 5.78 Å². The summed E-state index contributed by atoms with van der Waals surface area (Å²) >= 11 is 16.8. The molecule has 0 N–H and O–H groups in total. The van der Waals surface area contributed by atoms with Crippen molar-refractivity contribution in [3.63, 3.8) is 0 Å². The first-order valence-electron chi connectivity index (χ1n) is 3.61. The number of hydrogen-bond acceptors (Lipinski definition) is 1. The van der Waals surface area contributed by atoms with Gasteiger partial charge in [-0.3, -0.25) is 4.79 Å². The molecule has 1 aromatic carbocycles. The zero-order valence-corrected chi connectivity index (χ0v) is 9.12. The molecule has 70 valence electrons. The fraction of sp³-hybridized carbons (Fsp3) is 0.222. The Morgan fingerprint density at radius 3 is 2.54 bits per heavy atom. The van der Waals surface area contributed by atoms with Crippen molar-refractivity contribution >= 4 is 40.6 Å². The van der Waals surface area contributed by atoms with Crippen molar-refractivity contribution in [1.82, 2.24) is 0 Å². The summed E-state index contributed by atoms with van der Waals surface area (Å²) in [7, 11) is 0. The molecule has 0 bridgehead atoms. The van der Waals surface area contributed by atoms with E-state index in [0.29, 0.717) is 10.6 Å². The number of benzene rings is 1. The summed E-state index contributed by atoms with van der Waals surface area (Å²) in [5, 5.41) is 0.416. The molecule has 1 rings (SSSR count). The van der Waals surface area contributed by atoms with Crippen LogP contribution in [0.25, 0.3) is 0 Å². The van der Waals surface area contributed by atoms with Gasteiger partial charge in [0.2, 0.25) is 0 Å². The van der Waals surface area contributed by atoms with Crippen LogP contribution < -0.4 is 0 Å². The third-order valence-electron chi connectivity index (χ3n) is 1.66. The number of rotatable bonds is 2. The van der Waals surface area contributed by atoms with Crippen molar-refractivity contribution in [2.24, 2.45) is 0 Å². The first-order chi connectivity index (χ1) is 6.04. The summed E-state index contributed by atoms with van der Waals surface area (Å²) in [4.78, 5) is 10.3. The molecule has 4 heteroatoms. The van der Waals surface area contributed by atoms with E-state index in [9.17, 15) is 4.79 Å². The molecule has 1 nitrogen and oxygen atoms in total. The van der Waals surface area contributed by atoms with Crippen molar-refractivity contribution in [2.45, 2.75) is 11.8 Å². The Balaban J connectivity index is 3.15. The Labute approximate surface area is 91.6 Å². The van der Waals surface area contributed by atoms with Gasteiger partial charge in [0.15, 0.2) is 10.6 Å². The fourth-order valence-corrected chi connectivity index (χ4v) is 1.41. The van der Waals surface area contributed by atoms with Crippen LogP contribution in [0.4, 0.5) is 0 Å². The molecule has 0 aliphatic carbocycles. The van der Waals surface area contributed by atoms with Crippen molar-refractivity contribution in [1.29, 1.82) is 0 Å². The summed E-state index contributed by atoms with van der Waals surface area (Å²) < 4.78 is 0. The smallest absolute Gasteiger partial charge is 0.197 e. The number of ketones is 1. The van der Waals surface area contributed by atoms with Gasteiger partial charge in [0.25, 0.3) is 0 Å². The molecule has 0 fully saturated rings. The molecular weight excluding hydrogens is 230 g/mol. The van der Waals surface area contributed by atoms with Crippen molar-refractivity contribution < 1.29 is 4.79 Å². The van der Waals surface area contributed by atoms with Crippen LogP contribution in [-0.4, -0.2) is 10.6 Å². The third kappa shape index (κ3) is 2.37. The molecule has 0 aromatic heterocycles. The van der Waals surface area contributed by atoms with Crippen LogP contribution in [0.5, 0.6) is 0 Å². The van der Waals surface area contributed by atoms with Crippen LogP contribution in [0.2, 0.25) is 5.02 Å². The van der Waals surface area contributed by atoms with E-state index in [1.807, 2.05) is 13.0 Å². The topological polar surface area (TPSA) is 17.1 Å². The molecular formula is C9H7Cl3O. The summed E-state index contributed by atoms with van der Waals surface area (Å²) in [5.74, 6) is -0.364. The molecule has 0 aliphatic heterocycles. The normalized spacial score (nSPS) is 10.5. The van der Waals surface area contributed by atoms with Gasteiger partial charge >= 0.3 is 0 Å². The lowest BCUT2D eigenvalue weighted by molar-refractivity contribution is 0.101. The Bertz CT molecular complexity index is 334. The van der Waals surface area contributed by atoms with Crippen molar-refractivity contribution in [2.75, 3.05) is 0 Å². The van der Waals surface area contributed by atoms with E-state index >= 15 is 0 Å². The number of aryl methyl sites for hydroxylation is 1. The maximum absolute atomic E-state index is 11.4. The zero-order chi connectivity index (χ0) is 10.0. The molecule has 0 aliphatic rings. The second-order valence-corrected chi connectivity index (χ2v) is 4.08. The van der Waals surface area contributed by atoms with Crippen LogP contribution in [0, 0.1) is 6.92 Å². The number of Topliss-reactive ketones (excluding diaryl/α,β-unsaturated/α-hetero) is 1. The molecule has 0 atom stereocenters. The first kappa shape index (κ1) is 10.8. The predicted molar refractivity (Wildman–Crippen MR) is 56.0 cm³/mol. The van der Waals surface area contributed by atoms with E-state index in [0.717, 1.165) is 5.56 Å². The van der Waals surface area contributed by atoms with Gasteiger partial charge in [-0.25, -0.2) is 0 Å². The number of hydrogen-bond donors (Lipinski definition) is 0. The number of alkyl halides is 2. The third-order valence-corrected chi connectivity index (χ3v) is 2.55. The molecule has 13 heavy (non-hydrogen) atoms. The van der Waals surface area contributed by atoms with Gasteiger partial charge in [0.05, 0.1) is 5.02 Å². The van der Waals surface area contributed by atoms with E-state index in [4.69, 9.17) is 34.8 Å². The minimum absolute atomic E-state index is 0.364. The molecule has 1 aromatic rings. The summed E-state index contributed by atoms with van der Waals surface area (Å²) in [6.45, 7) is 1.82. The van der Waals surface area contributed by atoms with Crippen LogP contribution in [0.1, 0.15) is 15.9 Å². The quantitative estimate of drug-likeness (QED) is 0.567. The standard InChI is InChI=1S/C9H7Cl3O/c1-5-3-2-4-6(7(5)10)8(13)9(11)12/h2-4,9H,1H3. The molecule has 0 spiro atoms. The zero-order valence-electron chi connectivity index (χ0n) is 6.85. The first-order valence-corrected chi connectivity index (χ1v) is 4.86. The second kappa shape index (κ2) is 4.32. The van der Waals surface area contributed by atoms with E-state index in [1.54, 1.807) is 12.1 Å². The highest BCUT2D eigenvalue weighted by atomic mass is 35.5. The van der Waals surface area contributed by atoms with Crippen LogP contribution in [0.15, 0.2) is 18.2 Å². The maximum atomic E-state index is 11.4. The minimum Gasteiger partial charge on any atom is -0.291 e. The highest BCUT2D eigenvalue weighted by molar-refractivity contribution is 6.56. The maximum Gasteiger partial charge on any atom is 0.197 e. The highest BCUT2D eigenvalue weighted by Crippen LogP contribution is 2.23. The molecule has 0 unspecified atom stereocenters. The summed E-state index contributed by atoms with van der Waals surface area (Å²) in [5.41, 5.74) is 1.21. The highest BCUT2D eigenvalue weighted by Gasteiger charge is 2.17. The van der Waals surface area contributed by atoms with Crippen molar-refractivity contribution in [3.05, 3.63) is 34.3 Å². The minimum atomic E-state index is -1.06. The Morgan fingerprint density at radius 1 is 1.38 bits per heavy atom. The molecule has 0 saturated heterocycles. The number of halogens is 3. The molecule has 0 heterocycles. The Hall–Kier alpha value is -0.240. The van der Waals surface area contributed by atoms with Crippen molar-refractivity contribution in [3.8, 4) is 0 Å². The van der Waals surface area contributed by atoms with Crippen LogP contribution >= 0.6 is 34.8 Å². The lowest BCUT2D eigenvalue weighted by Crippen LogP contribution is -2.09. The van der Waals surface area contributed by atoms with E-state index < -0.39 is 4.84 Å². The van der Waals surface area contributed by atoms with Crippen LogP contribution in [0.3, 0.4) is 0 Å². The average Bonchev–Trinajstić information content (AvgIpc) is 2.08. The summed E-state index contributed by atoms with van der Waals surface area (Å²) in [6.07, 6.45) is 0. The largest absolute Gasteiger partial charge is 0.291 e. The molecule has 0 radical (unpaired) electrons. The van der Waals surface area contributed by atoms with Gasteiger partial charge in [-0.2, -0.15) is 0 Å². The van der Waals surface area contributed by atoms with Gasteiger partial charge in [-0.05, 0) is 18.6 Å².